The fourth-order valence-electron chi connectivity index (χ4n) is 3.65. The monoisotopic (exact) mass is 450 g/mol. The van der Waals surface area contributed by atoms with Gasteiger partial charge in [-0.15, -0.1) is 10.2 Å². The maximum Gasteiger partial charge on any atom is 0.230 e. The Morgan fingerprint density at radius 3 is 2.41 bits per heavy atom. The van der Waals surface area contributed by atoms with Gasteiger partial charge in [-0.3, -0.25) is 9.36 Å². The largest absolute Gasteiger partial charge is 0.353 e. The fraction of sp³-hybridized carbons (Fsp3) is 0.423. The van der Waals surface area contributed by atoms with Crippen molar-refractivity contribution in [2.45, 2.75) is 71.0 Å². The van der Waals surface area contributed by atoms with Gasteiger partial charge in [-0.2, -0.15) is 0 Å². The number of nitrogens with one attached hydrogen (secondary N) is 1. The van der Waals surface area contributed by atoms with Crippen LogP contribution in [0.15, 0.2) is 53.7 Å². The first kappa shape index (κ1) is 24.1. The van der Waals surface area contributed by atoms with Crippen molar-refractivity contribution in [2.24, 2.45) is 0 Å². The minimum absolute atomic E-state index is 0.0198. The van der Waals surface area contributed by atoms with Crippen LogP contribution in [-0.2, 0) is 10.2 Å². The Morgan fingerprint density at radius 1 is 1.09 bits per heavy atom. The van der Waals surface area contributed by atoms with Crippen molar-refractivity contribution in [3.8, 4) is 17.1 Å². The highest BCUT2D eigenvalue weighted by atomic mass is 32.2. The van der Waals surface area contributed by atoms with E-state index in [2.05, 4.69) is 91.1 Å². The zero-order chi connectivity index (χ0) is 23.3. The summed E-state index contributed by atoms with van der Waals surface area (Å²) in [5.74, 6) is 1.11. The molecule has 32 heavy (non-hydrogen) atoms. The van der Waals surface area contributed by atoms with Crippen molar-refractivity contribution >= 4 is 17.7 Å². The second-order valence-corrected chi connectivity index (χ2v) is 10.2. The maximum absolute atomic E-state index is 12.4. The first-order valence-electron chi connectivity index (χ1n) is 11.2. The Morgan fingerprint density at radius 2 is 1.78 bits per heavy atom. The molecule has 0 aliphatic heterocycles. The molecule has 0 aliphatic rings. The highest BCUT2D eigenvalue weighted by Crippen LogP contribution is 2.31. The Kier molecular flexibility index (Phi) is 7.77. The first-order chi connectivity index (χ1) is 15.2. The number of benzene rings is 2. The van der Waals surface area contributed by atoms with E-state index in [1.165, 1.54) is 17.3 Å². The van der Waals surface area contributed by atoms with E-state index in [0.717, 1.165) is 35.5 Å². The maximum atomic E-state index is 12.4. The Bertz CT molecular complexity index is 1050. The van der Waals surface area contributed by atoms with Gasteiger partial charge in [0.1, 0.15) is 0 Å². The predicted molar refractivity (Wildman–Crippen MR) is 133 cm³/mol. The molecule has 0 radical (unpaired) electrons. The lowest BCUT2D eigenvalue weighted by Gasteiger charge is -2.19. The summed E-state index contributed by atoms with van der Waals surface area (Å²) in [6.07, 6.45) is 2.03. The smallest absolute Gasteiger partial charge is 0.230 e. The van der Waals surface area contributed by atoms with E-state index in [-0.39, 0.29) is 17.4 Å². The van der Waals surface area contributed by atoms with Crippen LogP contribution in [0.2, 0.25) is 0 Å². The lowest BCUT2D eigenvalue weighted by atomic mass is 9.87. The number of hydrogen-bond donors (Lipinski definition) is 1. The Balaban J connectivity index is 1.93. The van der Waals surface area contributed by atoms with Gasteiger partial charge in [0.25, 0.3) is 0 Å². The van der Waals surface area contributed by atoms with Crippen LogP contribution in [0.25, 0.3) is 17.1 Å². The molecule has 0 spiro atoms. The summed E-state index contributed by atoms with van der Waals surface area (Å²) in [5, 5.41) is 12.8. The molecule has 0 saturated carbocycles. The van der Waals surface area contributed by atoms with E-state index in [0.29, 0.717) is 10.9 Å². The average Bonchev–Trinajstić information content (AvgIpc) is 3.16. The van der Waals surface area contributed by atoms with Gasteiger partial charge in [0.05, 0.1) is 11.4 Å². The van der Waals surface area contributed by atoms with E-state index >= 15 is 0 Å². The van der Waals surface area contributed by atoms with Crippen molar-refractivity contribution in [3.63, 3.8) is 0 Å². The molecule has 0 fully saturated rings. The third-order valence-corrected chi connectivity index (χ3v) is 6.39. The van der Waals surface area contributed by atoms with Crippen LogP contribution < -0.4 is 5.32 Å². The predicted octanol–water partition coefficient (Wildman–Crippen LogP) is 5.94. The quantitative estimate of drug-likeness (QED) is 0.432. The van der Waals surface area contributed by atoms with Crippen LogP contribution in [-0.4, -0.2) is 32.5 Å². The number of carbonyl (C=O) groups is 1. The van der Waals surface area contributed by atoms with Crippen LogP contribution in [0.3, 0.4) is 0 Å². The minimum Gasteiger partial charge on any atom is -0.353 e. The van der Waals surface area contributed by atoms with Crippen LogP contribution in [0.1, 0.15) is 58.6 Å². The van der Waals surface area contributed by atoms with Crippen molar-refractivity contribution in [1.29, 1.82) is 0 Å². The van der Waals surface area contributed by atoms with Gasteiger partial charge >= 0.3 is 0 Å². The SMILES string of the molecule is CCCC(C)NC(=O)CSc1nnc(-c2ccc(C(C)(C)C)cc2)n1-c1ccccc1C. The summed E-state index contributed by atoms with van der Waals surface area (Å²) in [6.45, 7) is 12.9. The van der Waals surface area contributed by atoms with Crippen LogP contribution >= 0.6 is 11.8 Å². The number of carbonyl (C=O) groups excluding carboxylic acids is 1. The van der Waals surface area contributed by atoms with E-state index in [4.69, 9.17) is 0 Å². The number of para-hydroxylation sites is 1. The summed E-state index contributed by atoms with van der Waals surface area (Å²) >= 11 is 1.42. The second-order valence-electron chi connectivity index (χ2n) is 9.30. The van der Waals surface area contributed by atoms with Crippen molar-refractivity contribution in [1.82, 2.24) is 20.1 Å². The third-order valence-electron chi connectivity index (χ3n) is 5.46. The third kappa shape index (κ3) is 5.80. The van der Waals surface area contributed by atoms with Gasteiger partial charge in [-0.1, -0.05) is 88.3 Å². The van der Waals surface area contributed by atoms with Gasteiger partial charge in [0, 0.05) is 11.6 Å². The highest BCUT2D eigenvalue weighted by Gasteiger charge is 2.20. The van der Waals surface area contributed by atoms with Crippen molar-refractivity contribution in [3.05, 3.63) is 59.7 Å². The molecule has 170 valence electrons. The number of rotatable bonds is 8. The van der Waals surface area contributed by atoms with Crippen molar-refractivity contribution < 1.29 is 4.79 Å². The Hall–Kier alpha value is -2.60. The van der Waals surface area contributed by atoms with E-state index in [9.17, 15) is 4.79 Å². The van der Waals surface area contributed by atoms with Gasteiger partial charge in [0.2, 0.25) is 5.91 Å². The average molecular weight is 451 g/mol. The summed E-state index contributed by atoms with van der Waals surface area (Å²) in [6, 6.07) is 16.9. The Labute approximate surface area is 196 Å². The normalized spacial score (nSPS) is 12.6. The number of aromatic nitrogens is 3. The first-order valence-corrected chi connectivity index (χ1v) is 12.2. The molecule has 1 unspecified atom stereocenters. The summed E-state index contributed by atoms with van der Waals surface area (Å²) in [7, 11) is 0. The lowest BCUT2D eigenvalue weighted by Crippen LogP contribution is -2.33. The molecule has 3 rings (SSSR count). The molecular weight excluding hydrogens is 416 g/mol. The fourth-order valence-corrected chi connectivity index (χ4v) is 4.41. The lowest BCUT2D eigenvalue weighted by molar-refractivity contribution is -0.119. The molecule has 1 amide bonds. The minimum atomic E-state index is 0.0198. The zero-order valence-electron chi connectivity index (χ0n) is 20.0. The molecule has 3 aromatic rings. The van der Waals surface area contributed by atoms with Crippen LogP contribution in [0.4, 0.5) is 0 Å². The standard InChI is InChI=1S/C26H34N4OS/c1-7-10-19(3)27-23(31)17-32-25-29-28-24(30(25)22-12-9-8-11-18(22)2)20-13-15-21(16-14-20)26(4,5)6/h8-9,11-16,19H,7,10,17H2,1-6H3,(H,27,31). The number of aryl methyl sites for hydroxylation is 1. The number of hydrogen-bond acceptors (Lipinski definition) is 4. The van der Waals surface area contributed by atoms with Gasteiger partial charge in [-0.05, 0) is 42.9 Å². The molecule has 1 N–H and O–H groups in total. The second kappa shape index (κ2) is 10.3. The van der Waals surface area contributed by atoms with Gasteiger partial charge in [0.15, 0.2) is 11.0 Å². The van der Waals surface area contributed by atoms with Crippen LogP contribution in [0.5, 0.6) is 0 Å². The molecule has 0 saturated heterocycles. The molecule has 6 heteroatoms. The summed E-state index contributed by atoms with van der Waals surface area (Å²) < 4.78 is 2.06. The molecule has 0 bridgehead atoms. The molecule has 1 aromatic heterocycles. The van der Waals surface area contributed by atoms with E-state index in [1.54, 1.807) is 0 Å². The topological polar surface area (TPSA) is 59.8 Å². The van der Waals surface area contributed by atoms with Crippen molar-refractivity contribution in [2.75, 3.05) is 5.75 Å². The summed E-state index contributed by atoms with van der Waals surface area (Å²) in [4.78, 5) is 12.4. The van der Waals surface area contributed by atoms with E-state index in [1.807, 2.05) is 19.1 Å². The number of amides is 1. The number of thioether (sulfide) groups is 1. The van der Waals surface area contributed by atoms with Gasteiger partial charge < -0.3 is 5.32 Å². The molecular formula is C26H34N4OS. The number of nitrogens with zero attached hydrogens (tertiary/aromatic N) is 3. The molecule has 0 aliphatic carbocycles. The molecule has 2 aromatic carbocycles. The highest BCUT2D eigenvalue weighted by molar-refractivity contribution is 7.99. The molecule has 1 atom stereocenters. The molecule has 1 heterocycles. The summed E-state index contributed by atoms with van der Waals surface area (Å²) in [5.41, 5.74) is 4.51. The van der Waals surface area contributed by atoms with E-state index < -0.39 is 0 Å². The van der Waals surface area contributed by atoms with Crippen LogP contribution in [0, 0.1) is 6.92 Å². The zero-order valence-corrected chi connectivity index (χ0v) is 20.8. The molecule has 5 nitrogen and oxygen atoms in total. The van der Waals surface area contributed by atoms with Gasteiger partial charge in [-0.25, -0.2) is 0 Å².